The van der Waals surface area contributed by atoms with Crippen molar-refractivity contribution in [2.24, 2.45) is 0 Å². The Morgan fingerprint density at radius 3 is 1.71 bits per heavy atom. The molecule has 0 aliphatic rings. The van der Waals surface area contributed by atoms with Crippen LogP contribution in [0.4, 0.5) is 0 Å². The summed E-state index contributed by atoms with van der Waals surface area (Å²) in [5.74, 6) is 0. The predicted octanol–water partition coefficient (Wildman–Crippen LogP) is 0.648. The average molecular weight is 211 g/mol. The topological polar surface area (TPSA) is 54.4 Å². The van der Waals surface area contributed by atoms with E-state index < -0.39 is 10.1 Å². The highest BCUT2D eigenvalue weighted by molar-refractivity contribution is 9.10. The highest BCUT2D eigenvalue weighted by Crippen LogP contribution is 1.86. The Morgan fingerprint density at radius 1 is 1.57 bits per heavy atom. The van der Waals surface area contributed by atoms with Gasteiger partial charge in [-0.2, -0.15) is 8.42 Å². The van der Waals surface area contributed by atoms with Crippen LogP contribution in [0.3, 0.4) is 0 Å². The molecular formula is CH4BrClO3S. The second-order valence-corrected chi connectivity index (χ2v) is 3.45. The van der Waals surface area contributed by atoms with Gasteiger partial charge in [0, 0.05) is 0 Å². The lowest BCUT2D eigenvalue weighted by atomic mass is 11.9. The van der Waals surface area contributed by atoms with E-state index in [1.54, 1.807) is 0 Å². The summed E-state index contributed by atoms with van der Waals surface area (Å²) < 4.78 is 26.4. The van der Waals surface area contributed by atoms with E-state index in [0.29, 0.717) is 0 Å². The summed E-state index contributed by atoms with van der Waals surface area (Å²) in [6, 6.07) is 0. The largest absolute Gasteiger partial charge is 0.285 e. The van der Waals surface area contributed by atoms with E-state index in [0.717, 1.165) is 0 Å². The number of halogens is 2. The van der Waals surface area contributed by atoms with Gasteiger partial charge in [0.25, 0.3) is 10.1 Å². The van der Waals surface area contributed by atoms with Crippen LogP contribution in [0, 0.1) is 0 Å². The predicted molar refractivity (Wildman–Crippen MR) is 32.6 cm³/mol. The Bertz CT molecular complexity index is 117. The van der Waals surface area contributed by atoms with E-state index in [9.17, 15) is 8.42 Å². The van der Waals surface area contributed by atoms with E-state index in [-0.39, 0.29) is 17.1 Å². The first kappa shape index (κ1) is 10.6. The second-order valence-electron chi connectivity index (χ2n) is 0.691. The summed E-state index contributed by atoms with van der Waals surface area (Å²) in [4.78, 5) is 0. The van der Waals surface area contributed by atoms with Crippen molar-refractivity contribution >= 4 is 38.5 Å². The normalized spacial score (nSPS) is 10.0. The summed E-state index contributed by atoms with van der Waals surface area (Å²) in [5.41, 5.74) is 0. The molecule has 7 heavy (non-hydrogen) atoms. The Labute approximate surface area is 56.4 Å². The Kier molecular flexibility index (Phi) is 5.54. The van der Waals surface area contributed by atoms with E-state index in [1.807, 2.05) is 0 Å². The highest BCUT2D eigenvalue weighted by atomic mass is 79.9. The fraction of sp³-hybridized carbons (Fsp3) is 1.00. The lowest BCUT2D eigenvalue weighted by Crippen LogP contribution is -1.95. The zero-order chi connectivity index (χ0) is 5.21. The molecule has 0 aliphatic heterocycles. The van der Waals surface area contributed by atoms with Gasteiger partial charge in [-0.25, -0.2) is 0 Å². The van der Waals surface area contributed by atoms with Crippen LogP contribution < -0.4 is 0 Å². The zero-order valence-electron chi connectivity index (χ0n) is 3.17. The van der Waals surface area contributed by atoms with Crippen LogP contribution >= 0.6 is 28.3 Å². The van der Waals surface area contributed by atoms with E-state index >= 15 is 0 Å². The monoisotopic (exact) mass is 210 g/mol. The number of alkyl halides is 1. The van der Waals surface area contributed by atoms with E-state index in [2.05, 4.69) is 15.9 Å². The third kappa shape index (κ3) is 10.8. The molecule has 0 amide bonds. The zero-order valence-corrected chi connectivity index (χ0v) is 6.38. The molecule has 0 atom stereocenters. The quantitative estimate of drug-likeness (QED) is 0.512. The van der Waals surface area contributed by atoms with Crippen LogP contribution in [-0.4, -0.2) is 17.6 Å². The van der Waals surface area contributed by atoms with E-state index in [4.69, 9.17) is 4.55 Å². The molecule has 0 aromatic carbocycles. The Hall–Kier alpha value is 0.680. The van der Waals surface area contributed by atoms with Crippen LogP contribution in [0.2, 0.25) is 0 Å². The summed E-state index contributed by atoms with van der Waals surface area (Å²) in [6.45, 7) is 0. The maximum absolute atomic E-state index is 9.51. The third-order valence-electron chi connectivity index (χ3n) is 0.138. The van der Waals surface area contributed by atoms with Gasteiger partial charge in [0.15, 0.2) is 0 Å². The number of rotatable bonds is 1. The minimum atomic E-state index is -3.75. The van der Waals surface area contributed by atoms with Gasteiger partial charge in [-0.05, 0) is 0 Å². The fourth-order valence-electron chi connectivity index (χ4n) is 0. The first-order valence-electron chi connectivity index (χ1n) is 1.07. The van der Waals surface area contributed by atoms with Crippen molar-refractivity contribution in [1.82, 2.24) is 0 Å². The molecule has 1 N–H and O–H groups in total. The molecule has 0 aromatic rings. The first-order valence-corrected chi connectivity index (χ1v) is 3.80. The molecule has 0 rings (SSSR count). The van der Waals surface area contributed by atoms with Crippen molar-refractivity contribution in [1.29, 1.82) is 0 Å². The molecule has 0 aliphatic carbocycles. The summed E-state index contributed by atoms with van der Waals surface area (Å²) in [6.07, 6.45) is 0. The maximum atomic E-state index is 9.51. The maximum Gasteiger partial charge on any atom is 0.274 e. The third-order valence-corrected chi connectivity index (χ3v) is 2.15. The van der Waals surface area contributed by atoms with E-state index in [1.165, 1.54) is 0 Å². The smallest absolute Gasteiger partial charge is 0.274 e. The van der Waals surface area contributed by atoms with Crippen LogP contribution in [-0.2, 0) is 10.1 Å². The molecule has 0 heterocycles. The van der Waals surface area contributed by atoms with Crippen LogP contribution in [0.1, 0.15) is 0 Å². The molecule has 46 valence electrons. The molecule has 0 radical (unpaired) electrons. The molecule has 6 heteroatoms. The fourth-order valence-corrected chi connectivity index (χ4v) is 0. The van der Waals surface area contributed by atoms with Gasteiger partial charge < -0.3 is 0 Å². The molecule has 0 saturated carbocycles. The molecule has 0 spiro atoms. The van der Waals surface area contributed by atoms with Crippen molar-refractivity contribution < 1.29 is 13.0 Å². The molecule has 3 nitrogen and oxygen atoms in total. The minimum absolute atomic E-state index is 0. The standard InChI is InChI=1S/CH3BrO3S.ClH/c2-1-6(3,4)5;/h1H2,(H,3,4,5);1H. The lowest BCUT2D eigenvalue weighted by molar-refractivity contribution is 0.489. The van der Waals surface area contributed by atoms with Gasteiger partial charge in [-0.3, -0.25) is 4.55 Å². The van der Waals surface area contributed by atoms with Crippen molar-refractivity contribution in [2.45, 2.75) is 0 Å². The van der Waals surface area contributed by atoms with Crippen molar-refractivity contribution in [3.8, 4) is 0 Å². The second kappa shape index (κ2) is 3.65. The van der Waals surface area contributed by atoms with Crippen LogP contribution in [0.15, 0.2) is 0 Å². The van der Waals surface area contributed by atoms with Crippen molar-refractivity contribution in [2.75, 3.05) is 4.66 Å². The average Bonchev–Trinajstić information content (AvgIpc) is 1.35. The van der Waals surface area contributed by atoms with Gasteiger partial charge in [-0.15, -0.1) is 12.4 Å². The number of hydrogen-bond donors (Lipinski definition) is 1. The molecule has 0 fully saturated rings. The molecule has 0 bridgehead atoms. The number of hydrogen-bond acceptors (Lipinski definition) is 2. The van der Waals surface area contributed by atoms with Gasteiger partial charge in [0.05, 0.1) is 0 Å². The van der Waals surface area contributed by atoms with Gasteiger partial charge in [0.1, 0.15) is 4.66 Å². The Morgan fingerprint density at radius 2 is 1.71 bits per heavy atom. The molecular weight excluding hydrogens is 207 g/mol. The van der Waals surface area contributed by atoms with Crippen molar-refractivity contribution in [3.63, 3.8) is 0 Å². The highest BCUT2D eigenvalue weighted by Gasteiger charge is 1.95. The summed E-state index contributed by atoms with van der Waals surface area (Å²) in [5, 5.41) is 0. The van der Waals surface area contributed by atoms with Gasteiger partial charge in [0.2, 0.25) is 0 Å². The van der Waals surface area contributed by atoms with Crippen LogP contribution in [0.5, 0.6) is 0 Å². The van der Waals surface area contributed by atoms with Crippen molar-refractivity contribution in [3.05, 3.63) is 0 Å². The Balaban J connectivity index is 0. The molecule has 0 unspecified atom stereocenters. The molecule has 0 aromatic heterocycles. The summed E-state index contributed by atoms with van der Waals surface area (Å²) in [7, 11) is -3.75. The first-order chi connectivity index (χ1) is 2.56. The van der Waals surface area contributed by atoms with Crippen LogP contribution in [0.25, 0.3) is 0 Å². The van der Waals surface area contributed by atoms with Gasteiger partial charge in [-0.1, -0.05) is 15.9 Å². The molecule has 0 saturated heterocycles. The SMILES string of the molecule is Cl.O=S(=O)(O)CBr. The summed E-state index contributed by atoms with van der Waals surface area (Å²) >= 11 is 2.53. The lowest BCUT2D eigenvalue weighted by Gasteiger charge is -1.78. The van der Waals surface area contributed by atoms with Gasteiger partial charge >= 0.3 is 0 Å². The minimum Gasteiger partial charge on any atom is -0.285 e.